The Labute approximate surface area is 166 Å². The fourth-order valence-corrected chi connectivity index (χ4v) is 4.81. The van der Waals surface area contributed by atoms with E-state index in [9.17, 15) is 14.4 Å². The summed E-state index contributed by atoms with van der Waals surface area (Å²) in [5, 5.41) is 6.94. The molecule has 1 atom stereocenters. The third-order valence-corrected chi connectivity index (χ3v) is 6.50. The van der Waals surface area contributed by atoms with Crippen molar-refractivity contribution in [2.75, 3.05) is 6.54 Å². The molecule has 2 fully saturated rings. The molecule has 3 N–H and O–H groups in total. The van der Waals surface area contributed by atoms with Crippen molar-refractivity contribution in [3.05, 3.63) is 34.5 Å². The quantitative estimate of drug-likeness (QED) is 0.688. The van der Waals surface area contributed by atoms with Crippen molar-refractivity contribution in [2.45, 2.75) is 44.2 Å². The summed E-state index contributed by atoms with van der Waals surface area (Å²) in [6, 6.07) is 5.32. The van der Waals surface area contributed by atoms with E-state index in [1.165, 1.54) is 5.56 Å². The number of benzene rings is 1. The number of amides is 4. The molecule has 5 rings (SSSR count). The lowest BCUT2D eigenvalue weighted by Crippen LogP contribution is -2.50. The van der Waals surface area contributed by atoms with Gasteiger partial charge in [0.05, 0.1) is 6.54 Å². The van der Waals surface area contributed by atoms with Crippen LogP contribution >= 0.6 is 11.6 Å². The number of imide groups is 1. The zero-order valence-electron chi connectivity index (χ0n) is 15.3. The van der Waals surface area contributed by atoms with Gasteiger partial charge in [-0.1, -0.05) is 11.6 Å². The highest BCUT2D eigenvalue weighted by atomic mass is 35.5. The van der Waals surface area contributed by atoms with Gasteiger partial charge in [-0.2, -0.15) is 0 Å². The number of nitrogens with one attached hydrogen (secondary N) is 3. The van der Waals surface area contributed by atoms with E-state index >= 15 is 0 Å². The molecule has 0 unspecified atom stereocenters. The molecule has 146 valence electrons. The fourth-order valence-electron chi connectivity index (χ4n) is 4.64. The molecule has 1 aromatic carbocycles. The highest BCUT2D eigenvalue weighted by Gasteiger charge is 2.55. The Hall–Kier alpha value is -2.54. The molecule has 0 radical (unpaired) electrons. The number of nitrogens with zero attached hydrogens (tertiary/aromatic N) is 1. The molecule has 3 heterocycles. The van der Waals surface area contributed by atoms with Crippen molar-refractivity contribution < 1.29 is 14.4 Å². The number of halogens is 1. The van der Waals surface area contributed by atoms with Crippen LogP contribution in [0.1, 0.15) is 36.9 Å². The van der Waals surface area contributed by atoms with Gasteiger partial charge in [-0.05, 0) is 55.4 Å². The Kier molecular flexibility index (Phi) is 3.91. The molecular formula is C20H21ClN4O3. The number of hydrogen-bond donors (Lipinski definition) is 3. The van der Waals surface area contributed by atoms with E-state index in [2.05, 4.69) is 15.6 Å². The van der Waals surface area contributed by atoms with Crippen LogP contribution < -0.4 is 10.6 Å². The standard InChI is InChI=1S/C20H21ClN4O3/c21-12-3-4-15-14(9-12)13-6-8-25(10-16(13)22-15)17(26)5-7-20(11-1-2-11)18(27)23-19(28)24-20/h3-4,9,11,22H,1-2,5-8,10H2,(H2,23,24,27,28)/t20-/m0/s1. The highest BCUT2D eigenvalue weighted by molar-refractivity contribution is 6.31. The number of hydrogen-bond acceptors (Lipinski definition) is 3. The number of rotatable bonds is 4. The molecule has 1 saturated carbocycles. The second kappa shape index (κ2) is 6.24. The zero-order valence-corrected chi connectivity index (χ0v) is 16.1. The lowest BCUT2D eigenvalue weighted by molar-refractivity contribution is -0.133. The Bertz CT molecular complexity index is 1010. The summed E-state index contributed by atoms with van der Waals surface area (Å²) in [6.45, 7) is 1.16. The number of carbonyl (C=O) groups excluding carboxylic acids is 3. The molecule has 1 saturated heterocycles. The largest absolute Gasteiger partial charge is 0.357 e. The average Bonchev–Trinajstić information content (AvgIpc) is 3.40. The van der Waals surface area contributed by atoms with Crippen molar-refractivity contribution >= 4 is 40.3 Å². The third kappa shape index (κ3) is 2.76. The van der Waals surface area contributed by atoms with E-state index in [0.717, 1.165) is 35.9 Å². The number of aromatic nitrogens is 1. The van der Waals surface area contributed by atoms with E-state index in [-0.39, 0.29) is 24.2 Å². The van der Waals surface area contributed by atoms with E-state index in [0.29, 0.717) is 24.5 Å². The van der Waals surface area contributed by atoms with Crippen LogP contribution in [0.25, 0.3) is 10.9 Å². The smallest absolute Gasteiger partial charge is 0.322 e. The second-order valence-electron chi connectivity index (χ2n) is 7.99. The number of urea groups is 1. The van der Waals surface area contributed by atoms with E-state index in [1.807, 2.05) is 23.1 Å². The summed E-state index contributed by atoms with van der Waals surface area (Å²) in [6.07, 6.45) is 3.18. The van der Waals surface area contributed by atoms with Gasteiger partial charge in [0.2, 0.25) is 5.91 Å². The van der Waals surface area contributed by atoms with Crippen molar-refractivity contribution in [2.24, 2.45) is 5.92 Å². The Morgan fingerprint density at radius 2 is 2.11 bits per heavy atom. The Balaban J connectivity index is 1.30. The van der Waals surface area contributed by atoms with Crippen LogP contribution in [0.3, 0.4) is 0 Å². The number of fused-ring (bicyclic) bond motifs is 3. The molecule has 7 nitrogen and oxygen atoms in total. The predicted octanol–water partition coefficient (Wildman–Crippen LogP) is 2.47. The number of carbonyl (C=O) groups is 3. The zero-order chi connectivity index (χ0) is 19.5. The molecule has 4 amide bonds. The molecule has 1 aliphatic carbocycles. The summed E-state index contributed by atoms with van der Waals surface area (Å²) in [4.78, 5) is 42.1. The first-order valence-corrected chi connectivity index (χ1v) is 10.0. The first-order chi connectivity index (χ1) is 13.5. The summed E-state index contributed by atoms with van der Waals surface area (Å²) in [5.74, 6) is -0.143. The van der Waals surface area contributed by atoms with Crippen molar-refractivity contribution in [3.63, 3.8) is 0 Å². The highest BCUT2D eigenvalue weighted by Crippen LogP contribution is 2.44. The molecular weight excluding hydrogens is 380 g/mol. The monoisotopic (exact) mass is 400 g/mol. The molecule has 3 aliphatic rings. The predicted molar refractivity (Wildman–Crippen MR) is 104 cm³/mol. The van der Waals surface area contributed by atoms with Crippen LogP contribution in [-0.4, -0.2) is 39.8 Å². The van der Waals surface area contributed by atoms with Crippen LogP contribution in [0.15, 0.2) is 18.2 Å². The van der Waals surface area contributed by atoms with Crippen LogP contribution in [0.4, 0.5) is 4.79 Å². The topological polar surface area (TPSA) is 94.3 Å². The van der Waals surface area contributed by atoms with Crippen LogP contribution in [0.2, 0.25) is 5.02 Å². The van der Waals surface area contributed by atoms with E-state index < -0.39 is 11.6 Å². The summed E-state index contributed by atoms with van der Waals surface area (Å²) in [5.41, 5.74) is 2.38. The second-order valence-corrected chi connectivity index (χ2v) is 8.43. The summed E-state index contributed by atoms with van der Waals surface area (Å²) >= 11 is 6.13. The minimum atomic E-state index is -0.911. The van der Waals surface area contributed by atoms with E-state index in [1.54, 1.807) is 0 Å². The van der Waals surface area contributed by atoms with Gasteiger partial charge >= 0.3 is 6.03 Å². The molecule has 0 spiro atoms. The Morgan fingerprint density at radius 1 is 1.29 bits per heavy atom. The number of aromatic amines is 1. The lowest BCUT2D eigenvalue weighted by atomic mass is 9.87. The van der Waals surface area contributed by atoms with Gasteiger partial charge in [0, 0.05) is 34.6 Å². The minimum Gasteiger partial charge on any atom is -0.357 e. The van der Waals surface area contributed by atoms with Crippen molar-refractivity contribution in [1.29, 1.82) is 0 Å². The first-order valence-electron chi connectivity index (χ1n) is 9.66. The molecule has 1 aromatic heterocycles. The molecule has 28 heavy (non-hydrogen) atoms. The van der Waals surface area contributed by atoms with Gasteiger partial charge in [0.25, 0.3) is 5.91 Å². The third-order valence-electron chi connectivity index (χ3n) is 6.27. The summed E-state index contributed by atoms with van der Waals surface area (Å²) in [7, 11) is 0. The van der Waals surface area contributed by atoms with Crippen molar-refractivity contribution in [1.82, 2.24) is 20.5 Å². The Morgan fingerprint density at radius 3 is 2.82 bits per heavy atom. The molecule has 0 bridgehead atoms. The van der Waals surface area contributed by atoms with E-state index in [4.69, 9.17) is 11.6 Å². The maximum Gasteiger partial charge on any atom is 0.322 e. The maximum absolute atomic E-state index is 12.9. The molecule has 8 heteroatoms. The normalized spacial score (nSPS) is 24.2. The van der Waals surface area contributed by atoms with Crippen molar-refractivity contribution in [3.8, 4) is 0 Å². The fraction of sp³-hybridized carbons (Fsp3) is 0.450. The lowest BCUT2D eigenvalue weighted by Gasteiger charge is -2.30. The number of H-pyrrole nitrogens is 1. The first kappa shape index (κ1) is 17.6. The minimum absolute atomic E-state index is 0.0105. The van der Waals surface area contributed by atoms with Gasteiger partial charge in [-0.15, -0.1) is 0 Å². The van der Waals surface area contributed by atoms with Gasteiger partial charge in [-0.25, -0.2) is 4.79 Å². The van der Waals surface area contributed by atoms with Gasteiger partial charge in [-0.3, -0.25) is 14.9 Å². The molecule has 2 aliphatic heterocycles. The van der Waals surface area contributed by atoms with Gasteiger partial charge < -0.3 is 15.2 Å². The van der Waals surface area contributed by atoms with Gasteiger partial charge in [0.15, 0.2) is 0 Å². The van der Waals surface area contributed by atoms with Crippen LogP contribution in [-0.2, 0) is 22.6 Å². The SMILES string of the molecule is O=C1NC(=O)[C@](CCC(=O)N2CCc3c([nH]c4ccc(Cl)cc34)C2)(C2CC2)N1. The maximum atomic E-state index is 12.9. The molecule has 2 aromatic rings. The average molecular weight is 401 g/mol. The van der Waals surface area contributed by atoms with Crippen LogP contribution in [0, 0.1) is 5.92 Å². The van der Waals surface area contributed by atoms with Crippen LogP contribution in [0.5, 0.6) is 0 Å². The van der Waals surface area contributed by atoms with Gasteiger partial charge in [0.1, 0.15) is 5.54 Å². The summed E-state index contributed by atoms with van der Waals surface area (Å²) < 4.78 is 0.